The van der Waals surface area contributed by atoms with E-state index in [4.69, 9.17) is 8.83 Å². The van der Waals surface area contributed by atoms with Gasteiger partial charge in [-0.25, -0.2) is 0 Å². The molecule has 1 unspecified atom stereocenters. The van der Waals surface area contributed by atoms with E-state index in [0.717, 1.165) is 33.6 Å². The van der Waals surface area contributed by atoms with Gasteiger partial charge in [0.2, 0.25) is 0 Å². The van der Waals surface area contributed by atoms with Crippen LogP contribution in [-0.4, -0.2) is 31.4 Å². The van der Waals surface area contributed by atoms with Crippen LogP contribution in [0.5, 0.6) is 0 Å². The van der Waals surface area contributed by atoms with E-state index in [-0.39, 0.29) is 11.9 Å². The smallest absolute Gasteiger partial charge is 0.287 e. The van der Waals surface area contributed by atoms with Gasteiger partial charge in [-0.2, -0.15) is 0 Å². The molecule has 2 heterocycles. The van der Waals surface area contributed by atoms with E-state index in [0.29, 0.717) is 12.3 Å². The van der Waals surface area contributed by atoms with Crippen LogP contribution in [0.15, 0.2) is 33.1 Å². The minimum Gasteiger partial charge on any atom is -0.465 e. The second-order valence-electron chi connectivity index (χ2n) is 7.13. The molecule has 0 fully saturated rings. The third-order valence-corrected chi connectivity index (χ3v) is 4.93. The maximum absolute atomic E-state index is 12.7. The third-order valence-electron chi connectivity index (χ3n) is 4.93. The average Bonchev–Trinajstić information content (AvgIpc) is 3.12. The number of benzene rings is 1. The Morgan fingerprint density at radius 2 is 1.77 bits per heavy atom. The van der Waals surface area contributed by atoms with Crippen molar-refractivity contribution < 1.29 is 13.6 Å². The minimum absolute atomic E-state index is 0.0400. The summed E-state index contributed by atoms with van der Waals surface area (Å²) in [4.78, 5) is 14.7. The minimum atomic E-state index is -0.205. The van der Waals surface area contributed by atoms with E-state index >= 15 is 0 Å². The maximum Gasteiger partial charge on any atom is 0.287 e. The van der Waals surface area contributed by atoms with Crippen molar-refractivity contribution in [1.29, 1.82) is 0 Å². The van der Waals surface area contributed by atoms with Crippen LogP contribution in [0.25, 0.3) is 11.0 Å². The first-order chi connectivity index (χ1) is 12.3. The predicted molar refractivity (Wildman–Crippen MR) is 103 cm³/mol. The molecule has 5 heteroatoms. The number of fused-ring (bicyclic) bond motifs is 1. The van der Waals surface area contributed by atoms with Gasteiger partial charge in [-0.15, -0.1) is 0 Å². The summed E-state index contributed by atoms with van der Waals surface area (Å²) in [5, 5.41) is 3.97. The van der Waals surface area contributed by atoms with Crippen molar-refractivity contribution in [2.24, 2.45) is 0 Å². The fraction of sp³-hybridized carbons (Fsp3) is 0.381. The highest BCUT2D eigenvalue weighted by molar-refractivity contribution is 5.99. The average molecular weight is 354 g/mol. The van der Waals surface area contributed by atoms with Crippen molar-refractivity contribution in [1.82, 2.24) is 10.2 Å². The van der Waals surface area contributed by atoms with Crippen LogP contribution in [-0.2, 0) is 0 Å². The van der Waals surface area contributed by atoms with Crippen LogP contribution in [0.2, 0.25) is 0 Å². The highest BCUT2D eigenvalue weighted by Gasteiger charge is 2.22. The van der Waals surface area contributed by atoms with Gasteiger partial charge in [0.1, 0.15) is 17.1 Å². The molecule has 0 aliphatic heterocycles. The maximum atomic E-state index is 12.7. The molecule has 1 amide bonds. The topological polar surface area (TPSA) is 58.6 Å². The zero-order valence-electron chi connectivity index (χ0n) is 16.3. The summed E-state index contributed by atoms with van der Waals surface area (Å²) in [7, 11) is 3.93. The number of furan rings is 2. The largest absolute Gasteiger partial charge is 0.465 e. The van der Waals surface area contributed by atoms with E-state index in [9.17, 15) is 4.79 Å². The number of likely N-dealkylation sites (N-methyl/N-ethyl adjacent to an activating group) is 1. The molecule has 1 N–H and O–H groups in total. The van der Waals surface area contributed by atoms with Crippen molar-refractivity contribution in [3.05, 3.63) is 58.2 Å². The lowest BCUT2D eigenvalue weighted by atomic mass is 10.0. The molecule has 0 saturated heterocycles. The monoisotopic (exact) mass is 354 g/mol. The van der Waals surface area contributed by atoms with Gasteiger partial charge < -0.3 is 14.2 Å². The lowest BCUT2D eigenvalue weighted by Gasteiger charge is -2.22. The van der Waals surface area contributed by atoms with Gasteiger partial charge in [0.15, 0.2) is 5.76 Å². The molecule has 0 bridgehead atoms. The first kappa shape index (κ1) is 18.3. The second-order valence-corrected chi connectivity index (χ2v) is 7.13. The van der Waals surface area contributed by atoms with Crippen LogP contribution in [0.3, 0.4) is 0 Å². The number of nitrogens with zero attached hydrogens (tertiary/aromatic N) is 1. The zero-order valence-corrected chi connectivity index (χ0v) is 16.3. The fourth-order valence-electron chi connectivity index (χ4n) is 3.13. The summed E-state index contributed by atoms with van der Waals surface area (Å²) < 4.78 is 11.6. The SMILES string of the molecule is Cc1ccc(C(CNC(=O)c2oc3cc(C)c(C)cc3c2C)N(C)C)o1. The molecule has 3 aromatic rings. The van der Waals surface area contributed by atoms with Crippen LogP contribution >= 0.6 is 0 Å². The molecule has 5 nitrogen and oxygen atoms in total. The lowest BCUT2D eigenvalue weighted by Crippen LogP contribution is -2.34. The summed E-state index contributed by atoms with van der Waals surface area (Å²) in [6, 6.07) is 7.91. The van der Waals surface area contributed by atoms with Gasteiger partial charge in [0.25, 0.3) is 5.91 Å². The summed E-state index contributed by atoms with van der Waals surface area (Å²) in [5.41, 5.74) is 3.96. The molecule has 3 rings (SSSR count). The first-order valence-corrected chi connectivity index (χ1v) is 8.79. The van der Waals surface area contributed by atoms with Crippen LogP contribution in [0.4, 0.5) is 0 Å². The molecule has 0 radical (unpaired) electrons. The number of carbonyl (C=O) groups excluding carboxylic acids is 1. The predicted octanol–water partition coefficient (Wildman–Crippen LogP) is 4.29. The fourth-order valence-corrected chi connectivity index (χ4v) is 3.13. The summed E-state index contributed by atoms with van der Waals surface area (Å²) in [6.07, 6.45) is 0. The number of carbonyl (C=O) groups is 1. The van der Waals surface area contributed by atoms with Gasteiger partial charge in [-0.3, -0.25) is 9.69 Å². The normalized spacial score (nSPS) is 12.7. The highest BCUT2D eigenvalue weighted by atomic mass is 16.3. The molecule has 0 saturated carbocycles. The quantitative estimate of drug-likeness (QED) is 0.742. The van der Waals surface area contributed by atoms with Crippen LogP contribution < -0.4 is 5.32 Å². The molecule has 2 aromatic heterocycles. The molecule has 1 aromatic carbocycles. The van der Waals surface area contributed by atoms with E-state index in [1.807, 2.05) is 58.0 Å². The molecule has 0 spiro atoms. The number of aryl methyl sites for hydroxylation is 4. The Kier molecular flexibility index (Phi) is 4.92. The Labute approximate surface area is 154 Å². The third kappa shape index (κ3) is 3.40. The highest BCUT2D eigenvalue weighted by Crippen LogP contribution is 2.28. The standard InChI is InChI=1S/C21H26N2O3/c1-12-9-16-15(4)20(26-19(16)10-13(12)2)21(24)22-11-17(23(5)6)18-8-7-14(3)25-18/h7-10,17H,11H2,1-6H3,(H,22,24). The molecule has 1 atom stereocenters. The van der Waals surface area contributed by atoms with Gasteiger partial charge in [0, 0.05) is 17.5 Å². The number of nitrogens with one attached hydrogen (secondary N) is 1. The molecule has 0 aliphatic rings. The molecule has 26 heavy (non-hydrogen) atoms. The van der Waals surface area contributed by atoms with Gasteiger partial charge in [0.05, 0.1) is 6.04 Å². The molecular weight excluding hydrogens is 328 g/mol. The van der Waals surface area contributed by atoms with E-state index in [1.54, 1.807) is 0 Å². The van der Waals surface area contributed by atoms with E-state index in [1.165, 1.54) is 5.56 Å². The van der Waals surface area contributed by atoms with Crippen molar-refractivity contribution in [2.45, 2.75) is 33.7 Å². The van der Waals surface area contributed by atoms with Gasteiger partial charge in [-0.05, 0) is 77.2 Å². The van der Waals surface area contributed by atoms with Crippen molar-refractivity contribution in [3.8, 4) is 0 Å². The Balaban J connectivity index is 1.81. The lowest BCUT2D eigenvalue weighted by molar-refractivity contribution is 0.0912. The van der Waals surface area contributed by atoms with Gasteiger partial charge >= 0.3 is 0 Å². The molecular formula is C21H26N2O3. The molecule has 138 valence electrons. The Morgan fingerprint density at radius 1 is 1.08 bits per heavy atom. The number of hydrogen-bond donors (Lipinski definition) is 1. The van der Waals surface area contributed by atoms with Crippen LogP contribution in [0.1, 0.15) is 44.8 Å². The summed E-state index contributed by atoms with van der Waals surface area (Å²) >= 11 is 0. The summed E-state index contributed by atoms with van der Waals surface area (Å²) in [5.74, 6) is 1.86. The number of amides is 1. The van der Waals surface area contributed by atoms with Crippen molar-refractivity contribution in [3.63, 3.8) is 0 Å². The van der Waals surface area contributed by atoms with E-state index in [2.05, 4.69) is 18.3 Å². The zero-order chi connectivity index (χ0) is 19.0. The second kappa shape index (κ2) is 7.00. The van der Waals surface area contributed by atoms with E-state index < -0.39 is 0 Å². The van der Waals surface area contributed by atoms with Crippen molar-refractivity contribution >= 4 is 16.9 Å². The Bertz CT molecular complexity index is 950. The number of hydrogen-bond acceptors (Lipinski definition) is 4. The Hall–Kier alpha value is -2.53. The summed E-state index contributed by atoms with van der Waals surface area (Å²) in [6.45, 7) is 8.38. The van der Waals surface area contributed by atoms with Crippen molar-refractivity contribution in [2.75, 3.05) is 20.6 Å². The molecule has 0 aliphatic carbocycles. The van der Waals surface area contributed by atoms with Gasteiger partial charge in [-0.1, -0.05) is 0 Å². The first-order valence-electron chi connectivity index (χ1n) is 8.79. The van der Waals surface area contributed by atoms with Crippen LogP contribution in [0, 0.1) is 27.7 Å². The Morgan fingerprint density at radius 3 is 2.38 bits per heavy atom. The number of rotatable bonds is 5.